The van der Waals surface area contributed by atoms with Gasteiger partial charge in [-0.1, -0.05) is 0 Å². The lowest BCUT2D eigenvalue weighted by Crippen LogP contribution is -2.05. The predicted molar refractivity (Wildman–Crippen MR) is 48.4 cm³/mol. The Labute approximate surface area is 83.0 Å². The highest BCUT2D eigenvalue weighted by Crippen LogP contribution is 2.34. The summed E-state index contributed by atoms with van der Waals surface area (Å²) in [5.41, 5.74) is -0.614. The minimum atomic E-state index is -4.40. The number of nitrogens with zero attached hydrogens (tertiary/aromatic N) is 1. The van der Waals surface area contributed by atoms with Crippen molar-refractivity contribution in [2.75, 3.05) is 0 Å². The van der Waals surface area contributed by atoms with Crippen molar-refractivity contribution >= 4 is 10.9 Å². The van der Waals surface area contributed by atoms with E-state index in [1.165, 1.54) is 18.2 Å². The summed E-state index contributed by atoms with van der Waals surface area (Å²) in [7, 11) is 0. The highest BCUT2D eigenvalue weighted by atomic mass is 19.4. The molecule has 0 atom stereocenters. The number of halogens is 3. The summed E-state index contributed by atoms with van der Waals surface area (Å²) in [5, 5.41) is 9.09. The van der Waals surface area contributed by atoms with Crippen molar-refractivity contribution in [1.82, 2.24) is 4.98 Å². The van der Waals surface area contributed by atoms with Crippen LogP contribution in [0.25, 0.3) is 10.9 Å². The van der Waals surface area contributed by atoms with Crippen molar-refractivity contribution in [1.29, 1.82) is 0 Å². The maximum Gasteiger partial charge on any atom is 0.417 e. The van der Waals surface area contributed by atoms with Crippen molar-refractivity contribution in [3.63, 3.8) is 0 Å². The van der Waals surface area contributed by atoms with E-state index in [-0.39, 0.29) is 16.7 Å². The van der Waals surface area contributed by atoms with Gasteiger partial charge in [0.15, 0.2) is 0 Å². The van der Waals surface area contributed by atoms with Gasteiger partial charge in [-0.15, -0.1) is 0 Å². The third-order valence-corrected chi connectivity index (χ3v) is 2.03. The van der Waals surface area contributed by atoms with Crippen LogP contribution in [0.3, 0.4) is 0 Å². The maximum absolute atomic E-state index is 12.5. The summed E-state index contributed by atoms with van der Waals surface area (Å²) in [4.78, 5) is 3.76. The van der Waals surface area contributed by atoms with Gasteiger partial charge >= 0.3 is 6.18 Å². The lowest BCUT2D eigenvalue weighted by molar-refractivity contribution is -0.136. The molecule has 0 saturated heterocycles. The van der Waals surface area contributed by atoms with Crippen LogP contribution in [0, 0.1) is 0 Å². The normalized spacial score (nSPS) is 11.9. The van der Waals surface area contributed by atoms with Gasteiger partial charge in [0, 0.05) is 17.6 Å². The van der Waals surface area contributed by atoms with Gasteiger partial charge in [-0.2, -0.15) is 13.2 Å². The molecule has 1 aromatic heterocycles. The number of aromatic nitrogens is 1. The zero-order chi connectivity index (χ0) is 11.1. The first-order valence-electron chi connectivity index (χ1n) is 4.13. The van der Waals surface area contributed by atoms with Crippen LogP contribution < -0.4 is 0 Å². The molecule has 1 N–H and O–H groups in total. The van der Waals surface area contributed by atoms with Crippen LogP contribution in [0.4, 0.5) is 13.2 Å². The average Bonchev–Trinajstić information content (AvgIpc) is 2.15. The van der Waals surface area contributed by atoms with Gasteiger partial charge < -0.3 is 5.11 Å². The molecule has 15 heavy (non-hydrogen) atoms. The second-order valence-corrected chi connectivity index (χ2v) is 3.06. The van der Waals surface area contributed by atoms with Crippen LogP contribution in [0.1, 0.15) is 5.56 Å². The van der Waals surface area contributed by atoms with Crippen LogP contribution in [0.15, 0.2) is 30.5 Å². The maximum atomic E-state index is 12.5. The SMILES string of the molecule is Oc1ccc2c(C(F)(F)F)ccnc2c1. The number of phenolic OH excluding ortho intramolecular Hbond substituents is 1. The molecule has 5 heteroatoms. The number of fused-ring (bicyclic) bond motifs is 1. The molecule has 0 spiro atoms. The number of alkyl halides is 3. The van der Waals surface area contributed by atoms with E-state index in [9.17, 15) is 13.2 Å². The third-order valence-electron chi connectivity index (χ3n) is 2.03. The lowest BCUT2D eigenvalue weighted by atomic mass is 10.1. The van der Waals surface area contributed by atoms with Gasteiger partial charge in [-0.3, -0.25) is 4.98 Å². The van der Waals surface area contributed by atoms with E-state index < -0.39 is 11.7 Å². The largest absolute Gasteiger partial charge is 0.508 e. The predicted octanol–water partition coefficient (Wildman–Crippen LogP) is 2.96. The van der Waals surface area contributed by atoms with Crippen molar-refractivity contribution in [3.8, 4) is 5.75 Å². The van der Waals surface area contributed by atoms with E-state index in [0.29, 0.717) is 0 Å². The average molecular weight is 213 g/mol. The number of phenols is 1. The molecular formula is C10H6F3NO. The second kappa shape index (κ2) is 3.12. The van der Waals surface area contributed by atoms with E-state index in [2.05, 4.69) is 4.98 Å². The summed E-state index contributed by atoms with van der Waals surface area (Å²) < 4.78 is 37.6. The van der Waals surface area contributed by atoms with Gasteiger partial charge in [0.2, 0.25) is 0 Å². The summed E-state index contributed by atoms with van der Waals surface area (Å²) in [6, 6.07) is 4.53. The molecule has 0 aliphatic heterocycles. The monoisotopic (exact) mass is 213 g/mol. The third kappa shape index (κ3) is 1.72. The fourth-order valence-corrected chi connectivity index (χ4v) is 1.38. The molecule has 0 amide bonds. The van der Waals surface area contributed by atoms with Gasteiger partial charge in [0.05, 0.1) is 11.1 Å². The minimum absolute atomic E-state index is 0.0113. The molecule has 0 radical (unpaired) electrons. The summed E-state index contributed by atoms with van der Waals surface area (Å²) >= 11 is 0. The lowest BCUT2D eigenvalue weighted by Gasteiger charge is -2.09. The summed E-state index contributed by atoms with van der Waals surface area (Å²) in [5.74, 6) is -0.102. The van der Waals surface area contributed by atoms with Gasteiger partial charge in [0.25, 0.3) is 0 Å². The van der Waals surface area contributed by atoms with E-state index in [0.717, 1.165) is 12.3 Å². The molecule has 2 aromatic rings. The summed E-state index contributed by atoms with van der Waals surface area (Å²) in [6.45, 7) is 0. The first kappa shape index (κ1) is 9.76. The molecule has 0 saturated carbocycles. The van der Waals surface area contributed by atoms with Crippen LogP contribution in [0.2, 0.25) is 0 Å². The highest BCUT2D eigenvalue weighted by Gasteiger charge is 2.32. The molecule has 0 aliphatic carbocycles. The molecule has 2 rings (SSSR count). The zero-order valence-electron chi connectivity index (χ0n) is 7.42. The Morgan fingerprint density at radius 2 is 1.87 bits per heavy atom. The second-order valence-electron chi connectivity index (χ2n) is 3.06. The fraction of sp³-hybridized carbons (Fsp3) is 0.100. The minimum Gasteiger partial charge on any atom is -0.508 e. The van der Waals surface area contributed by atoms with E-state index in [1.807, 2.05) is 0 Å². The molecule has 1 aromatic carbocycles. The van der Waals surface area contributed by atoms with Crippen LogP contribution in [-0.2, 0) is 6.18 Å². The molecule has 0 aliphatic rings. The standard InChI is InChI=1S/C10H6F3NO/c11-10(12,13)8-3-4-14-9-5-6(15)1-2-7(8)9/h1-5,15H. The number of aromatic hydroxyl groups is 1. The van der Waals surface area contributed by atoms with E-state index in [4.69, 9.17) is 5.11 Å². The Bertz CT molecular complexity index is 507. The summed E-state index contributed by atoms with van der Waals surface area (Å²) in [6.07, 6.45) is -3.33. The number of pyridine rings is 1. The number of hydrogen-bond donors (Lipinski definition) is 1. The molecule has 0 fully saturated rings. The van der Waals surface area contributed by atoms with Crippen molar-refractivity contribution in [2.24, 2.45) is 0 Å². The van der Waals surface area contributed by atoms with Gasteiger partial charge in [-0.25, -0.2) is 0 Å². The Morgan fingerprint density at radius 3 is 2.53 bits per heavy atom. The molecule has 78 valence electrons. The Kier molecular flexibility index (Phi) is 2.03. The number of rotatable bonds is 0. The Morgan fingerprint density at radius 1 is 1.13 bits per heavy atom. The molecule has 0 unspecified atom stereocenters. The molecule has 0 bridgehead atoms. The quantitative estimate of drug-likeness (QED) is 0.729. The Balaban J connectivity index is 2.77. The van der Waals surface area contributed by atoms with Crippen molar-refractivity contribution < 1.29 is 18.3 Å². The molecule has 1 heterocycles. The number of hydrogen-bond acceptors (Lipinski definition) is 2. The van der Waals surface area contributed by atoms with Gasteiger partial charge in [0.1, 0.15) is 5.75 Å². The fourth-order valence-electron chi connectivity index (χ4n) is 1.38. The molecule has 2 nitrogen and oxygen atoms in total. The van der Waals surface area contributed by atoms with Crippen molar-refractivity contribution in [3.05, 3.63) is 36.0 Å². The number of benzene rings is 1. The van der Waals surface area contributed by atoms with E-state index in [1.54, 1.807) is 0 Å². The van der Waals surface area contributed by atoms with E-state index >= 15 is 0 Å². The highest BCUT2D eigenvalue weighted by molar-refractivity contribution is 5.83. The first-order chi connectivity index (χ1) is 6.98. The zero-order valence-corrected chi connectivity index (χ0v) is 7.42. The first-order valence-corrected chi connectivity index (χ1v) is 4.13. The molecular weight excluding hydrogens is 207 g/mol. The van der Waals surface area contributed by atoms with Crippen LogP contribution in [-0.4, -0.2) is 10.1 Å². The smallest absolute Gasteiger partial charge is 0.417 e. The van der Waals surface area contributed by atoms with Crippen molar-refractivity contribution in [2.45, 2.75) is 6.18 Å². The van der Waals surface area contributed by atoms with Crippen LogP contribution in [0.5, 0.6) is 5.75 Å². The topological polar surface area (TPSA) is 33.1 Å². The van der Waals surface area contributed by atoms with Gasteiger partial charge in [-0.05, 0) is 18.2 Å². The van der Waals surface area contributed by atoms with Crippen LogP contribution >= 0.6 is 0 Å². The Hall–Kier alpha value is -1.78.